The minimum atomic E-state index is -0.134. The number of aromatic hydroxyl groups is 3. The van der Waals surface area contributed by atoms with E-state index in [2.05, 4.69) is 21.7 Å². The van der Waals surface area contributed by atoms with E-state index < -0.39 is 0 Å². The molecular formula is C22H23N3O3. The average Bonchev–Trinajstić information content (AvgIpc) is 3.24. The maximum Gasteiger partial charge on any atom is 0.238 e. The van der Waals surface area contributed by atoms with Crippen LogP contribution in [0.3, 0.4) is 0 Å². The van der Waals surface area contributed by atoms with Crippen LogP contribution in [0, 0.1) is 0 Å². The minimum Gasteiger partial charge on any atom is -0.508 e. The van der Waals surface area contributed by atoms with Crippen LogP contribution in [0.4, 0.5) is 0 Å². The summed E-state index contributed by atoms with van der Waals surface area (Å²) in [5.74, 6) is -0.0968. The molecule has 0 fully saturated rings. The van der Waals surface area contributed by atoms with Crippen LogP contribution in [-0.2, 0) is 6.54 Å². The van der Waals surface area contributed by atoms with E-state index in [1.807, 2.05) is 44.3 Å². The molecule has 0 bridgehead atoms. The predicted molar refractivity (Wildman–Crippen MR) is 110 cm³/mol. The smallest absolute Gasteiger partial charge is 0.238 e. The Hall–Kier alpha value is -3.41. The molecule has 28 heavy (non-hydrogen) atoms. The quantitative estimate of drug-likeness (QED) is 0.404. The Labute approximate surface area is 162 Å². The second-order valence-electron chi connectivity index (χ2n) is 7.22. The molecule has 144 valence electrons. The molecule has 4 rings (SSSR count). The van der Waals surface area contributed by atoms with Gasteiger partial charge >= 0.3 is 0 Å². The van der Waals surface area contributed by atoms with E-state index in [1.165, 1.54) is 6.07 Å². The number of rotatable bonds is 4. The standard InChI is InChI=1S/C22H23N3O3/c1-4-25-9-8-13-14(6-5-7-17(13)25)20-21(23-24-22(20)28)16-10-15(12(2)3)18(26)11-19(16)27/h5-12,26-27H,4H2,1-3H3,(H2,23,24,28). The molecule has 0 aliphatic rings. The van der Waals surface area contributed by atoms with Crippen LogP contribution in [0.5, 0.6) is 17.4 Å². The number of benzene rings is 2. The topological polar surface area (TPSA) is 94.3 Å². The Morgan fingerprint density at radius 3 is 2.54 bits per heavy atom. The largest absolute Gasteiger partial charge is 0.508 e. The first-order chi connectivity index (χ1) is 13.4. The van der Waals surface area contributed by atoms with Gasteiger partial charge < -0.3 is 19.9 Å². The van der Waals surface area contributed by atoms with Crippen molar-refractivity contribution in [2.75, 3.05) is 0 Å². The Kier molecular flexibility index (Phi) is 4.26. The van der Waals surface area contributed by atoms with Crippen LogP contribution in [0.1, 0.15) is 32.3 Å². The molecule has 6 heteroatoms. The number of aryl methyl sites for hydroxylation is 1. The van der Waals surface area contributed by atoms with Crippen LogP contribution in [0.15, 0.2) is 42.6 Å². The molecule has 0 aliphatic heterocycles. The van der Waals surface area contributed by atoms with Crippen molar-refractivity contribution in [1.82, 2.24) is 14.8 Å². The number of nitrogens with zero attached hydrogens (tertiary/aromatic N) is 2. The Morgan fingerprint density at radius 2 is 1.82 bits per heavy atom. The van der Waals surface area contributed by atoms with E-state index in [0.717, 1.165) is 23.0 Å². The summed E-state index contributed by atoms with van der Waals surface area (Å²) < 4.78 is 2.13. The van der Waals surface area contributed by atoms with Gasteiger partial charge in [-0.1, -0.05) is 26.0 Å². The van der Waals surface area contributed by atoms with Gasteiger partial charge in [-0.05, 0) is 42.2 Å². The minimum absolute atomic E-state index is 0.0451. The van der Waals surface area contributed by atoms with Crippen molar-refractivity contribution in [3.8, 4) is 39.8 Å². The van der Waals surface area contributed by atoms with Gasteiger partial charge in [0.05, 0.1) is 11.3 Å². The molecule has 0 saturated carbocycles. The molecule has 0 unspecified atom stereocenters. The molecule has 4 aromatic rings. The maximum atomic E-state index is 10.5. The molecule has 6 nitrogen and oxygen atoms in total. The van der Waals surface area contributed by atoms with E-state index in [0.29, 0.717) is 22.4 Å². The third kappa shape index (κ3) is 2.69. The Bertz CT molecular complexity index is 1170. The van der Waals surface area contributed by atoms with Crippen molar-refractivity contribution in [3.05, 3.63) is 48.2 Å². The lowest BCUT2D eigenvalue weighted by Crippen LogP contribution is -1.92. The molecule has 0 saturated heterocycles. The third-order valence-electron chi connectivity index (χ3n) is 5.21. The van der Waals surface area contributed by atoms with Crippen LogP contribution < -0.4 is 0 Å². The highest BCUT2D eigenvalue weighted by Crippen LogP contribution is 2.45. The van der Waals surface area contributed by atoms with Gasteiger partial charge in [0.1, 0.15) is 11.5 Å². The number of phenolic OH excluding ortho intramolecular Hbond substituents is 2. The van der Waals surface area contributed by atoms with Gasteiger partial charge in [-0.25, -0.2) is 0 Å². The summed E-state index contributed by atoms with van der Waals surface area (Å²) in [6, 6.07) is 11.0. The zero-order chi connectivity index (χ0) is 20.0. The van der Waals surface area contributed by atoms with E-state index in [4.69, 9.17) is 0 Å². The molecule has 2 aromatic heterocycles. The lowest BCUT2D eigenvalue weighted by molar-refractivity contribution is 0.445. The molecular weight excluding hydrogens is 354 g/mol. The lowest BCUT2D eigenvalue weighted by atomic mass is 9.94. The van der Waals surface area contributed by atoms with Crippen LogP contribution in [-0.4, -0.2) is 30.1 Å². The fourth-order valence-corrected chi connectivity index (χ4v) is 3.76. The molecule has 2 heterocycles. The first-order valence-corrected chi connectivity index (χ1v) is 9.34. The zero-order valence-electron chi connectivity index (χ0n) is 16.1. The van der Waals surface area contributed by atoms with Gasteiger partial charge in [-0.3, -0.25) is 5.10 Å². The second-order valence-corrected chi connectivity index (χ2v) is 7.22. The first kappa shape index (κ1) is 18.0. The van der Waals surface area contributed by atoms with Crippen LogP contribution in [0.25, 0.3) is 33.3 Å². The van der Waals surface area contributed by atoms with Crippen molar-refractivity contribution in [2.45, 2.75) is 33.2 Å². The van der Waals surface area contributed by atoms with Gasteiger partial charge in [0, 0.05) is 35.3 Å². The molecule has 0 amide bonds. The molecule has 0 spiro atoms. The van der Waals surface area contributed by atoms with Crippen molar-refractivity contribution in [1.29, 1.82) is 0 Å². The second kappa shape index (κ2) is 6.64. The highest BCUT2D eigenvalue weighted by Gasteiger charge is 2.22. The monoisotopic (exact) mass is 377 g/mol. The summed E-state index contributed by atoms with van der Waals surface area (Å²) in [4.78, 5) is 0. The number of fused-ring (bicyclic) bond motifs is 1. The van der Waals surface area contributed by atoms with Crippen molar-refractivity contribution in [3.63, 3.8) is 0 Å². The molecule has 0 aliphatic carbocycles. The summed E-state index contributed by atoms with van der Waals surface area (Å²) in [7, 11) is 0. The predicted octanol–water partition coefficient (Wildman–Crippen LogP) is 4.96. The van der Waals surface area contributed by atoms with Gasteiger partial charge in [0.25, 0.3) is 0 Å². The van der Waals surface area contributed by atoms with Crippen LogP contribution in [0.2, 0.25) is 0 Å². The summed E-state index contributed by atoms with van der Waals surface area (Å²) in [6.07, 6.45) is 2.01. The normalized spacial score (nSPS) is 11.6. The van der Waals surface area contributed by atoms with Gasteiger partial charge in [0.15, 0.2) is 0 Å². The Morgan fingerprint density at radius 1 is 1.04 bits per heavy atom. The van der Waals surface area contributed by atoms with Crippen molar-refractivity contribution >= 4 is 10.9 Å². The number of H-pyrrole nitrogens is 1. The SMILES string of the molecule is CCn1ccc2c(-c3c(O)n[nH]c3-c3cc(C(C)C)c(O)cc3O)cccc21. The van der Waals surface area contributed by atoms with E-state index in [1.54, 1.807) is 6.07 Å². The molecule has 0 atom stereocenters. The summed E-state index contributed by atoms with van der Waals surface area (Å²) >= 11 is 0. The van der Waals surface area contributed by atoms with E-state index in [-0.39, 0.29) is 23.3 Å². The van der Waals surface area contributed by atoms with E-state index >= 15 is 0 Å². The average molecular weight is 377 g/mol. The highest BCUT2D eigenvalue weighted by molar-refractivity contribution is 6.01. The van der Waals surface area contributed by atoms with Crippen molar-refractivity contribution in [2.24, 2.45) is 0 Å². The summed E-state index contributed by atoms with van der Waals surface area (Å²) in [5.41, 5.74) is 4.11. The van der Waals surface area contributed by atoms with Gasteiger partial charge in [0.2, 0.25) is 5.88 Å². The third-order valence-corrected chi connectivity index (χ3v) is 5.21. The molecule has 2 aromatic carbocycles. The van der Waals surface area contributed by atoms with Crippen LogP contribution >= 0.6 is 0 Å². The summed E-state index contributed by atoms with van der Waals surface area (Å²) in [6.45, 7) is 6.85. The lowest BCUT2D eigenvalue weighted by Gasteiger charge is -2.13. The van der Waals surface area contributed by atoms with Crippen molar-refractivity contribution < 1.29 is 15.3 Å². The summed E-state index contributed by atoms with van der Waals surface area (Å²) in [5, 5.41) is 39.0. The number of aromatic nitrogens is 3. The number of nitrogens with one attached hydrogen (secondary N) is 1. The fourth-order valence-electron chi connectivity index (χ4n) is 3.76. The maximum absolute atomic E-state index is 10.5. The van der Waals surface area contributed by atoms with Gasteiger partial charge in [-0.15, -0.1) is 5.10 Å². The fraction of sp³-hybridized carbons (Fsp3) is 0.227. The van der Waals surface area contributed by atoms with E-state index in [9.17, 15) is 15.3 Å². The number of hydrogen-bond acceptors (Lipinski definition) is 4. The molecule has 4 N–H and O–H groups in total. The van der Waals surface area contributed by atoms with Gasteiger partial charge in [-0.2, -0.15) is 0 Å². The highest BCUT2D eigenvalue weighted by atomic mass is 16.3. The number of aromatic amines is 1. The number of phenols is 2. The number of hydrogen-bond donors (Lipinski definition) is 4. The first-order valence-electron chi connectivity index (χ1n) is 9.34. The zero-order valence-corrected chi connectivity index (χ0v) is 16.1. The Balaban J connectivity index is 1.98. The molecule has 0 radical (unpaired) electrons.